The maximum Gasteiger partial charge on any atom is 0.338 e. The van der Waals surface area contributed by atoms with Crippen LogP contribution in [0.2, 0.25) is 0 Å². The third-order valence-electron chi connectivity index (χ3n) is 2.47. The molecule has 0 unspecified atom stereocenters. The van der Waals surface area contributed by atoms with Gasteiger partial charge in [0, 0.05) is 6.42 Å². The Bertz CT molecular complexity index is 393. The Morgan fingerprint density at radius 1 is 1.16 bits per heavy atom. The third kappa shape index (κ3) is 5.28. The van der Waals surface area contributed by atoms with Crippen LogP contribution in [0.1, 0.15) is 29.6 Å². The van der Waals surface area contributed by atoms with Crippen molar-refractivity contribution in [2.24, 2.45) is 0 Å². The Hall–Kier alpha value is -1.59. The maximum absolute atomic E-state index is 12.5. The van der Waals surface area contributed by atoms with Crippen molar-refractivity contribution in [3.63, 3.8) is 0 Å². The Balaban J connectivity index is 2.20. The summed E-state index contributed by atoms with van der Waals surface area (Å²) >= 11 is 0. The minimum Gasteiger partial charge on any atom is -0.462 e. The summed E-state index contributed by atoms with van der Waals surface area (Å²) in [5.41, 5.74) is 0.361. The van der Waals surface area contributed by atoms with Crippen molar-refractivity contribution in [1.82, 2.24) is 0 Å². The largest absolute Gasteiger partial charge is 0.462 e. The second kappa shape index (κ2) is 7.11. The van der Waals surface area contributed by atoms with Crippen molar-refractivity contribution >= 4 is 5.97 Å². The fraction of sp³-hybridized carbons (Fsp3) is 0.462. The van der Waals surface area contributed by atoms with Crippen LogP contribution in [0.3, 0.4) is 0 Å². The number of esters is 1. The summed E-state index contributed by atoms with van der Waals surface area (Å²) < 4.78 is 53.6. The Morgan fingerprint density at radius 3 is 2.37 bits per heavy atom. The third-order valence-corrected chi connectivity index (χ3v) is 2.47. The highest BCUT2D eigenvalue weighted by Crippen LogP contribution is 2.28. The molecule has 0 spiro atoms. The zero-order chi connectivity index (χ0) is 14.3. The first-order chi connectivity index (χ1) is 8.93. The summed E-state index contributed by atoms with van der Waals surface area (Å²) in [4.78, 5) is 11.4. The van der Waals surface area contributed by atoms with Gasteiger partial charge in [-0.1, -0.05) is 18.2 Å². The van der Waals surface area contributed by atoms with Gasteiger partial charge in [0.25, 0.3) is 0 Å². The summed E-state index contributed by atoms with van der Waals surface area (Å²) in [5.74, 6) is -4.52. The van der Waals surface area contributed by atoms with Crippen LogP contribution in [0, 0.1) is 0 Å². The molecule has 2 nitrogen and oxygen atoms in total. The van der Waals surface area contributed by atoms with E-state index >= 15 is 0 Å². The molecule has 0 aromatic heterocycles. The van der Waals surface area contributed by atoms with E-state index in [-0.39, 0.29) is 19.4 Å². The van der Waals surface area contributed by atoms with Gasteiger partial charge in [0.05, 0.1) is 12.2 Å². The molecule has 0 amide bonds. The predicted octanol–water partition coefficient (Wildman–Crippen LogP) is 3.91. The molecule has 0 fully saturated rings. The van der Waals surface area contributed by atoms with Gasteiger partial charge in [-0.3, -0.25) is 0 Å². The number of benzene rings is 1. The van der Waals surface area contributed by atoms with E-state index in [2.05, 4.69) is 0 Å². The number of rotatable bonds is 7. The van der Waals surface area contributed by atoms with Crippen molar-refractivity contribution in [2.75, 3.05) is 6.61 Å². The summed E-state index contributed by atoms with van der Waals surface area (Å²) in [5, 5.41) is 0. The van der Waals surface area contributed by atoms with Gasteiger partial charge in [0.1, 0.15) is 0 Å². The number of unbranched alkanes of at least 4 members (excludes halogenated alkanes) is 1. The van der Waals surface area contributed by atoms with Crippen molar-refractivity contribution in [3.8, 4) is 0 Å². The van der Waals surface area contributed by atoms with Crippen LogP contribution in [-0.2, 0) is 4.74 Å². The minimum absolute atomic E-state index is 0.0625. The molecule has 6 heteroatoms. The average Bonchev–Trinajstić information content (AvgIpc) is 2.38. The molecule has 0 N–H and O–H groups in total. The van der Waals surface area contributed by atoms with Crippen LogP contribution in [0.5, 0.6) is 0 Å². The van der Waals surface area contributed by atoms with E-state index in [1.807, 2.05) is 0 Å². The predicted molar refractivity (Wildman–Crippen MR) is 61.5 cm³/mol. The number of ether oxygens (including phenoxy) is 1. The number of carbonyl (C=O) groups excluding carboxylic acids is 1. The van der Waals surface area contributed by atoms with Crippen molar-refractivity contribution in [3.05, 3.63) is 35.9 Å². The van der Waals surface area contributed by atoms with Crippen LogP contribution in [0.4, 0.5) is 17.6 Å². The Labute approximate surface area is 108 Å². The maximum atomic E-state index is 12.5. The van der Waals surface area contributed by atoms with Crippen LogP contribution >= 0.6 is 0 Å². The van der Waals surface area contributed by atoms with Gasteiger partial charge in [0.15, 0.2) is 0 Å². The molecule has 1 rings (SSSR count). The quantitative estimate of drug-likeness (QED) is 0.429. The second-order valence-electron chi connectivity index (χ2n) is 4.02. The first kappa shape index (κ1) is 15.5. The van der Waals surface area contributed by atoms with Crippen LogP contribution in [0.15, 0.2) is 30.3 Å². The summed E-state index contributed by atoms with van der Waals surface area (Å²) in [7, 11) is 0. The highest BCUT2D eigenvalue weighted by Gasteiger charge is 2.39. The van der Waals surface area contributed by atoms with Gasteiger partial charge in [-0.2, -0.15) is 0 Å². The molecule has 0 bridgehead atoms. The molecule has 0 saturated heterocycles. The SMILES string of the molecule is O=C(OCCCCC(F)(F)C(F)F)c1ccccc1. The molecule has 0 radical (unpaired) electrons. The number of carbonyl (C=O) groups is 1. The van der Waals surface area contributed by atoms with Crippen LogP contribution in [-0.4, -0.2) is 24.9 Å². The number of hydrogen-bond acceptors (Lipinski definition) is 2. The summed E-state index contributed by atoms with van der Waals surface area (Å²) in [6, 6.07) is 8.20. The zero-order valence-electron chi connectivity index (χ0n) is 10.1. The fourth-order valence-electron chi connectivity index (χ4n) is 1.39. The first-order valence-corrected chi connectivity index (χ1v) is 5.81. The molecule has 1 aromatic rings. The van der Waals surface area contributed by atoms with Gasteiger partial charge >= 0.3 is 18.3 Å². The molecule has 19 heavy (non-hydrogen) atoms. The van der Waals surface area contributed by atoms with Gasteiger partial charge in [0.2, 0.25) is 0 Å². The van der Waals surface area contributed by atoms with E-state index in [0.29, 0.717) is 5.56 Å². The molecule has 0 saturated carbocycles. The monoisotopic (exact) mass is 278 g/mol. The van der Waals surface area contributed by atoms with E-state index < -0.39 is 24.7 Å². The topological polar surface area (TPSA) is 26.3 Å². The molecule has 0 aliphatic rings. The minimum atomic E-state index is -3.97. The van der Waals surface area contributed by atoms with Crippen molar-refractivity contribution in [1.29, 1.82) is 0 Å². The lowest BCUT2D eigenvalue weighted by Crippen LogP contribution is -2.26. The lowest BCUT2D eigenvalue weighted by atomic mass is 10.1. The molecule has 0 heterocycles. The van der Waals surface area contributed by atoms with E-state index in [0.717, 1.165) is 0 Å². The zero-order valence-corrected chi connectivity index (χ0v) is 10.1. The van der Waals surface area contributed by atoms with Gasteiger partial charge in [-0.15, -0.1) is 0 Å². The van der Waals surface area contributed by atoms with Gasteiger partial charge < -0.3 is 4.74 Å². The molecular formula is C13H14F4O2. The van der Waals surface area contributed by atoms with Crippen LogP contribution in [0.25, 0.3) is 0 Å². The molecular weight excluding hydrogens is 264 g/mol. The molecule has 106 valence electrons. The number of halogens is 4. The molecule has 0 atom stereocenters. The molecule has 1 aromatic carbocycles. The summed E-state index contributed by atoms with van der Waals surface area (Å²) in [6.45, 7) is -0.0625. The number of hydrogen-bond donors (Lipinski definition) is 0. The van der Waals surface area contributed by atoms with E-state index in [9.17, 15) is 22.4 Å². The highest BCUT2D eigenvalue weighted by molar-refractivity contribution is 5.89. The Kier molecular flexibility index (Phi) is 5.79. The van der Waals surface area contributed by atoms with E-state index in [1.165, 1.54) is 0 Å². The van der Waals surface area contributed by atoms with Crippen molar-refractivity contribution < 1.29 is 27.1 Å². The van der Waals surface area contributed by atoms with E-state index in [1.54, 1.807) is 30.3 Å². The highest BCUT2D eigenvalue weighted by atomic mass is 19.3. The smallest absolute Gasteiger partial charge is 0.338 e. The van der Waals surface area contributed by atoms with Gasteiger partial charge in [-0.25, -0.2) is 22.4 Å². The normalized spacial score (nSPS) is 11.6. The average molecular weight is 278 g/mol. The van der Waals surface area contributed by atoms with E-state index in [4.69, 9.17) is 4.74 Å². The molecule has 0 aliphatic heterocycles. The van der Waals surface area contributed by atoms with Crippen LogP contribution < -0.4 is 0 Å². The van der Waals surface area contributed by atoms with Crippen molar-refractivity contribution in [2.45, 2.75) is 31.6 Å². The van der Waals surface area contributed by atoms with Gasteiger partial charge in [-0.05, 0) is 25.0 Å². The standard InChI is InChI=1S/C13H14F4O2/c14-12(15)13(16,17)8-4-5-9-19-11(18)10-6-2-1-3-7-10/h1-3,6-7,12H,4-5,8-9H2. The lowest BCUT2D eigenvalue weighted by molar-refractivity contribution is -0.134. The lowest BCUT2D eigenvalue weighted by Gasteiger charge is -2.14. The first-order valence-electron chi connectivity index (χ1n) is 5.81. The second-order valence-corrected chi connectivity index (χ2v) is 4.02. The molecule has 0 aliphatic carbocycles. The Morgan fingerprint density at radius 2 is 1.79 bits per heavy atom. The summed E-state index contributed by atoms with van der Waals surface area (Å²) in [6.07, 6.45) is -4.56. The fourth-order valence-corrected chi connectivity index (χ4v) is 1.39. The number of alkyl halides is 4.